The molecule has 1 aliphatic heterocycles. The number of thioether (sulfide) groups is 1. The van der Waals surface area contributed by atoms with Gasteiger partial charge in [0.15, 0.2) is 0 Å². The predicted molar refractivity (Wildman–Crippen MR) is 128 cm³/mol. The van der Waals surface area contributed by atoms with E-state index in [9.17, 15) is 4.79 Å². The first-order valence-corrected chi connectivity index (χ1v) is 12.2. The first-order valence-electron chi connectivity index (χ1n) is 10.9. The van der Waals surface area contributed by atoms with Crippen LogP contribution in [0, 0.1) is 12.8 Å². The van der Waals surface area contributed by atoms with E-state index in [0.717, 1.165) is 46.2 Å². The van der Waals surface area contributed by atoms with Crippen LogP contribution < -0.4 is 5.32 Å². The monoisotopic (exact) mass is 470 g/mol. The number of amides is 1. The normalized spacial score (nSPS) is 16.8. The molecule has 1 fully saturated rings. The molecule has 1 saturated heterocycles. The lowest BCUT2D eigenvalue weighted by Gasteiger charge is -2.30. The standard InChI is InChI=1S/C24H27ClN4O2S/c1-17-5-2-3-7-21(17)23-27-22(31-28-23)16-29-13-4-6-18(15-29)24(30)26-12-14-32-20-10-8-19(25)9-11-20/h2-3,5,7-11,18H,4,6,12-16H2,1H3,(H,26,30). The van der Waals surface area contributed by atoms with Crippen molar-refractivity contribution in [1.29, 1.82) is 0 Å². The third-order valence-corrected chi connectivity index (χ3v) is 6.84. The van der Waals surface area contributed by atoms with Gasteiger partial charge in [0.2, 0.25) is 17.6 Å². The molecule has 6 nitrogen and oxygen atoms in total. The van der Waals surface area contributed by atoms with Gasteiger partial charge in [0.25, 0.3) is 0 Å². The third kappa shape index (κ3) is 6.12. The van der Waals surface area contributed by atoms with E-state index >= 15 is 0 Å². The smallest absolute Gasteiger partial charge is 0.241 e. The Morgan fingerprint density at radius 3 is 2.88 bits per heavy atom. The highest BCUT2D eigenvalue weighted by atomic mass is 35.5. The maximum atomic E-state index is 12.7. The molecule has 0 aliphatic carbocycles. The summed E-state index contributed by atoms with van der Waals surface area (Å²) >= 11 is 7.63. The van der Waals surface area contributed by atoms with Gasteiger partial charge in [0, 0.05) is 34.3 Å². The van der Waals surface area contributed by atoms with Crippen LogP contribution in [-0.4, -0.2) is 46.3 Å². The highest BCUT2D eigenvalue weighted by molar-refractivity contribution is 7.99. The Bertz CT molecular complexity index is 1040. The van der Waals surface area contributed by atoms with E-state index in [1.54, 1.807) is 11.8 Å². The summed E-state index contributed by atoms with van der Waals surface area (Å²) in [4.78, 5) is 20.6. The number of nitrogens with one attached hydrogen (secondary N) is 1. The van der Waals surface area contributed by atoms with Crippen molar-refractivity contribution in [2.45, 2.75) is 31.2 Å². The van der Waals surface area contributed by atoms with Crippen molar-refractivity contribution >= 4 is 29.3 Å². The second kappa shape index (κ2) is 11.0. The maximum absolute atomic E-state index is 12.7. The van der Waals surface area contributed by atoms with Gasteiger partial charge in [-0.1, -0.05) is 41.0 Å². The summed E-state index contributed by atoms with van der Waals surface area (Å²) in [6.45, 7) is 4.88. The van der Waals surface area contributed by atoms with Crippen molar-refractivity contribution in [2.75, 3.05) is 25.4 Å². The topological polar surface area (TPSA) is 71.3 Å². The number of likely N-dealkylation sites (tertiary alicyclic amines) is 1. The molecule has 0 radical (unpaired) electrons. The molecule has 2 heterocycles. The third-order valence-electron chi connectivity index (χ3n) is 5.57. The molecule has 1 N–H and O–H groups in total. The fourth-order valence-corrected chi connectivity index (χ4v) is 4.77. The van der Waals surface area contributed by atoms with Crippen LogP contribution in [0.3, 0.4) is 0 Å². The summed E-state index contributed by atoms with van der Waals surface area (Å²) in [7, 11) is 0. The van der Waals surface area contributed by atoms with Crippen LogP contribution in [0.15, 0.2) is 57.9 Å². The Labute approximate surface area is 197 Å². The number of piperidine rings is 1. The van der Waals surface area contributed by atoms with Gasteiger partial charge in [-0.15, -0.1) is 11.8 Å². The largest absolute Gasteiger partial charge is 0.355 e. The van der Waals surface area contributed by atoms with Crippen molar-refractivity contribution in [3.63, 3.8) is 0 Å². The number of halogens is 1. The van der Waals surface area contributed by atoms with E-state index < -0.39 is 0 Å². The lowest BCUT2D eigenvalue weighted by atomic mass is 9.97. The van der Waals surface area contributed by atoms with E-state index in [1.807, 2.05) is 55.5 Å². The van der Waals surface area contributed by atoms with E-state index in [0.29, 0.717) is 31.3 Å². The summed E-state index contributed by atoms with van der Waals surface area (Å²) in [5.74, 6) is 2.14. The summed E-state index contributed by atoms with van der Waals surface area (Å²) < 4.78 is 5.49. The number of hydrogen-bond acceptors (Lipinski definition) is 6. The second-order valence-corrected chi connectivity index (χ2v) is 9.60. The molecule has 0 saturated carbocycles. The zero-order valence-electron chi connectivity index (χ0n) is 18.1. The van der Waals surface area contributed by atoms with E-state index in [1.165, 1.54) is 0 Å². The highest BCUT2D eigenvalue weighted by Crippen LogP contribution is 2.23. The molecule has 0 bridgehead atoms. The van der Waals surface area contributed by atoms with Crippen LogP contribution >= 0.6 is 23.4 Å². The minimum atomic E-state index is -0.0111. The fourth-order valence-electron chi connectivity index (χ4n) is 3.87. The molecule has 4 rings (SSSR count). The minimum absolute atomic E-state index is 0.0111. The molecule has 1 aliphatic rings. The Kier molecular flexibility index (Phi) is 7.84. The first kappa shape index (κ1) is 22.8. The van der Waals surface area contributed by atoms with Gasteiger partial charge in [-0.25, -0.2) is 0 Å². The molecular weight excluding hydrogens is 444 g/mol. The zero-order valence-corrected chi connectivity index (χ0v) is 19.7. The van der Waals surface area contributed by atoms with E-state index in [2.05, 4.69) is 20.4 Å². The molecule has 32 heavy (non-hydrogen) atoms. The number of rotatable bonds is 8. The molecule has 3 aromatic rings. The van der Waals surface area contributed by atoms with Gasteiger partial charge in [-0.3, -0.25) is 9.69 Å². The first-order chi connectivity index (χ1) is 15.6. The average Bonchev–Trinajstić information content (AvgIpc) is 3.26. The van der Waals surface area contributed by atoms with Crippen molar-refractivity contribution in [2.24, 2.45) is 5.92 Å². The van der Waals surface area contributed by atoms with Crippen molar-refractivity contribution < 1.29 is 9.32 Å². The summed E-state index contributed by atoms with van der Waals surface area (Å²) in [5.41, 5.74) is 2.10. The molecule has 2 aromatic carbocycles. The van der Waals surface area contributed by atoms with Crippen LogP contribution in [0.1, 0.15) is 24.3 Å². The Morgan fingerprint density at radius 2 is 2.06 bits per heavy atom. The van der Waals surface area contributed by atoms with Gasteiger partial charge in [-0.05, 0) is 56.1 Å². The Balaban J connectivity index is 1.24. The number of carbonyl (C=O) groups excluding carboxylic acids is 1. The summed E-state index contributed by atoms with van der Waals surface area (Å²) in [6.07, 6.45) is 1.89. The molecule has 0 spiro atoms. The number of carbonyl (C=O) groups is 1. The number of benzene rings is 2. The second-order valence-electron chi connectivity index (χ2n) is 7.99. The lowest BCUT2D eigenvalue weighted by Crippen LogP contribution is -2.43. The van der Waals surface area contributed by atoms with E-state index in [-0.39, 0.29) is 11.8 Å². The van der Waals surface area contributed by atoms with Crippen LogP contribution in [0.5, 0.6) is 0 Å². The van der Waals surface area contributed by atoms with Crippen LogP contribution in [0.4, 0.5) is 0 Å². The molecule has 1 aromatic heterocycles. The van der Waals surface area contributed by atoms with Crippen molar-refractivity contribution in [3.8, 4) is 11.4 Å². The van der Waals surface area contributed by atoms with Crippen LogP contribution in [-0.2, 0) is 11.3 Å². The molecule has 1 unspecified atom stereocenters. The number of nitrogens with zero attached hydrogens (tertiary/aromatic N) is 3. The van der Waals surface area contributed by atoms with Crippen LogP contribution in [0.25, 0.3) is 11.4 Å². The molecular formula is C24H27ClN4O2S. The Hall–Kier alpha value is -2.35. The van der Waals surface area contributed by atoms with Crippen molar-refractivity contribution in [1.82, 2.24) is 20.4 Å². The van der Waals surface area contributed by atoms with Crippen LogP contribution in [0.2, 0.25) is 5.02 Å². The lowest BCUT2D eigenvalue weighted by molar-refractivity contribution is -0.126. The fraction of sp³-hybridized carbons (Fsp3) is 0.375. The van der Waals surface area contributed by atoms with Gasteiger partial charge in [-0.2, -0.15) is 4.98 Å². The SMILES string of the molecule is Cc1ccccc1-c1noc(CN2CCCC(C(=O)NCCSc3ccc(Cl)cc3)C2)n1. The van der Waals surface area contributed by atoms with Gasteiger partial charge >= 0.3 is 0 Å². The van der Waals surface area contributed by atoms with E-state index in [4.69, 9.17) is 16.1 Å². The highest BCUT2D eigenvalue weighted by Gasteiger charge is 2.26. The minimum Gasteiger partial charge on any atom is -0.355 e. The van der Waals surface area contributed by atoms with Crippen molar-refractivity contribution in [3.05, 3.63) is 65.0 Å². The molecule has 8 heteroatoms. The number of aromatic nitrogens is 2. The zero-order chi connectivity index (χ0) is 22.3. The van der Waals surface area contributed by atoms with Gasteiger partial charge in [0.05, 0.1) is 12.5 Å². The number of hydrogen-bond donors (Lipinski definition) is 1. The summed E-state index contributed by atoms with van der Waals surface area (Å²) in [5, 5.41) is 7.96. The number of aryl methyl sites for hydroxylation is 1. The average molecular weight is 471 g/mol. The molecule has 168 valence electrons. The summed E-state index contributed by atoms with van der Waals surface area (Å²) in [6, 6.07) is 15.8. The predicted octanol–water partition coefficient (Wildman–Crippen LogP) is 4.82. The van der Waals surface area contributed by atoms with Gasteiger partial charge < -0.3 is 9.84 Å². The maximum Gasteiger partial charge on any atom is 0.241 e. The Morgan fingerprint density at radius 1 is 1.25 bits per heavy atom. The molecule has 1 atom stereocenters. The molecule has 1 amide bonds. The van der Waals surface area contributed by atoms with Gasteiger partial charge in [0.1, 0.15) is 0 Å². The quantitative estimate of drug-likeness (QED) is 0.376.